The van der Waals surface area contributed by atoms with E-state index in [-0.39, 0.29) is 0 Å². The maximum Gasteiger partial charge on any atom is 0.142 e. The van der Waals surface area contributed by atoms with E-state index in [1.807, 2.05) is 30.3 Å². The SMILES string of the molecule is BrCc1ccc(Oc2ccc3ccccc3c2Br)cc1. The number of fused-ring (bicyclic) bond motifs is 1. The molecule has 0 aromatic heterocycles. The third kappa shape index (κ3) is 2.74. The van der Waals surface area contributed by atoms with Crippen LogP contribution in [0.5, 0.6) is 11.5 Å². The van der Waals surface area contributed by atoms with Crippen LogP contribution in [0.4, 0.5) is 0 Å². The molecule has 3 rings (SSSR count). The van der Waals surface area contributed by atoms with Crippen LogP contribution in [0.3, 0.4) is 0 Å². The van der Waals surface area contributed by atoms with Crippen molar-refractivity contribution in [2.24, 2.45) is 0 Å². The van der Waals surface area contributed by atoms with Gasteiger partial charge >= 0.3 is 0 Å². The third-order valence-corrected chi connectivity index (χ3v) is 4.60. The van der Waals surface area contributed by atoms with Gasteiger partial charge in [-0.3, -0.25) is 0 Å². The quantitative estimate of drug-likeness (QED) is 0.476. The first-order valence-corrected chi connectivity index (χ1v) is 8.19. The molecular weight excluding hydrogens is 380 g/mol. The van der Waals surface area contributed by atoms with Gasteiger partial charge < -0.3 is 4.74 Å². The average Bonchev–Trinajstić information content (AvgIpc) is 2.51. The molecule has 3 aromatic rings. The van der Waals surface area contributed by atoms with Gasteiger partial charge in [0.15, 0.2) is 0 Å². The van der Waals surface area contributed by atoms with Crippen LogP contribution in [-0.2, 0) is 5.33 Å². The van der Waals surface area contributed by atoms with Crippen molar-refractivity contribution in [1.29, 1.82) is 0 Å². The summed E-state index contributed by atoms with van der Waals surface area (Å²) in [6, 6.07) is 20.4. The fourth-order valence-corrected chi connectivity index (χ4v) is 3.01. The Labute approximate surface area is 134 Å². The second-order valence-corrected chi connectivity index (χ2v) is 5.83. The number of hydrogen-bond acceptors (Lipinski definition) is 1. The van der Waals surface area contributed by atoms with Gasteiger partial charge in [0, 0.05) is 5.33 Å². The summed E-state index contributed by atoms with van der Waals surface area (Å²) in [5, 5.41) is 3.20. The van der Waals surface area contributed by atoms with Crippen molar-refractivity contribution in [2.45, 2.75) is 5.33 Å². The lowest BCUT2D eigenvalue weighted by molar-refractivity contribution is 0.480. The van der Waals surface area contributed by atoms with Crippen LogP contribution in [0, 0.1) is 0 Å². The Morgan fingerprint density at radius 2 is 1.60 bits per heavy atom. The van der Waals surface area contributed by atoms with Crippen molar-refractivity contribution >= 4 is 42.6 Å². The van der Waals surface area contributed by atoms with Crippen LogP contribution in [0.25, 0.3) is 10.8 Å². The fourth-order valence-electron chi connectivity index (χ4n) is 2.07. The summed E-state index contributed by atoms with van der Waals surface area (Å²) in [7, 11) is 0. The molecule has 0 aliphatic carbocycles. The number of halogens is 2. The second kappa shape index (κ2) is 5.98. The molecule has 3 aromatic carbocycles. The van der Waals surface area contributed by atoms with Crippen molar-refractivity contribution in [3.8, 4) is 11.5 Å². The molecule has 0 heterocycles. The highest BCUT2D eigenvalue weighted by Gasteiger charge is 2.07. The molecule has 0 N–H and O–H groups in total. The molecule has 3 heteroatoms. The minimum atomic E-state index is 0.829. The molecule has 0 radical (unpaired) electrons. The van der Waals surface area contributed by atoms with E-state index in [0.717, 1.165) is 26.7 Å². The lowest BCUT2D eigenvalue weighted by Gasteiger charge is -2.10. The Morgan fingerprint density at radius 1 is 0.850 bits per heavy atom. The van der Waals surface area contributed by atoms with E-state index >= 15 is 0 Å². The highest BCUT2D eigenvalue weighted by Crippen LogP contribution is 2.35. The zero-order valence-corrected chi connectivity index (χ0v) is 13.8. The number of hydrogen-bond donors (Lipinski definition) is 0. The number of rotatable bonds is 3. The summed E-state index contributed by atoms with van der Waals surface area (Å²) in [5.74, 6) is 1.67. The van der Waals surface area contributed by atoms with Gasteiger partial charge in [-0.25, -0.2) is 0 Å². The van der Waals surface area contributed by atoms with Gasteiger partial charge in [0.05, 0.1) is 4.47 Å². The number of ether oxygens (including phenoxy) is 1. The predicted molar refractivity (Wildman–Crippen MR) is 90.8 cm³/mol. The van der Waals surface area contributed by atoms with E-state index in [0.29, 0.717) is 0 Å². The molecule has 0 bridgehead atoms. The van der Waals surface area contributed by atoms with Gasteiger partial charge in [0.25, 0.3) is 0 Å². The smallest absolute Gasteiger partial charge is 0.142 e. The Kier molecular flexibility index (Phi) is 4.08. The van der Waals surface area contributed by atoms with Crippen LogP contribution < -0.4 is 4.74 Å². The minimum absolute atomic E-state index is 0.829. The predicted octanol–water partition coefficient (Wildman–Crippen LogP) is 6.29. The molecule has 0 fully saturated rings. The van der Waals surface area contributed by atoms with Crippen LogP contribution in [0.2, 0.25) is 0 Å². The first kappa shape index (κ1) is 13.7. The summed E-state index contributed by atoms with van der Waals surface area (Å²) in [6.45, 7) is 0. The standard InChI is InChI=1S/C17H12Br2O/c18-11-12-5-8-14(9-6-12)20-16-10-7-13-3-1-2-4-15(13)17(16)19/h1-10H,11H2. The molecule has 1 nitrogen and oxygen atoms in total. The fraction of sp³-hybridized carbons (Fsp3) is 0.0588. The normalized spacial score (nSPS) is 10.7. The molecule has 100 valence electrons. The largest absolute Gasteiger partial charge is 0.456 e. The van der Waals surface area contributed by atoms with Gasteiger partial charge in [0.1, 0.15) is 11.5 Å². The van der Waals surface area contributed by atoms with Crippen LogP contribution in [0.15, 0.2) is 65.1 Å². The second-order valence-electron chi connectivity index (χ2n) is 4.48. The van der Waals surface area contributed by atoms with E-state index in [9.17, 15) is 0 Å². The zero-order valence-electron chi connectivity index (χ0n) is 10.6. The van der Waals surface area contributed by atoms with Crippen LogP contribution in [0.1, 0.15) is 5.56 Å². The Bertz CT molecular complexity index is 736. The summed E-state index contributed by atoms with van der Waals surface area (Å²) < 4.78 is 6.94. The maximum absolute atomic E-state index is 5.95. The summed E-state index contributed by atoms with van der Waals surface area (Å²) in [6.07, 6.45) is 0. The van der Waals surface area contributed by atoms with E-state index in [4.69, 9.17) is 4.74 Å². The maximum atomic E-state index is 5.95. The molecule has 0 saturated carbocycles. The number of benzene rings is 3. The van der Waals surface area contributed by atoms with Crippen LogP contribution >= 0.6 is 31.9 Å². The first-order chi connectivity index (χ1) is 9.78. The molecule has 0 unspecified atom stereocenters. The van der Waals surface area contributed by atoms with Gasteiger partial charge in [-0.1, -0.05) is 58.4 Å². The average molecular weight is 392 g/mol. The molecule has 0 saturated heterocycles. The Morgan fingerprint density at radius 3 is 2.35 bits per heavy atom. The van der Waals surface area contributed by atoms with Crippen LogP contribution in [-0.4, -0.2) is 0 Å². The molecule has 0 amide bonds. The lowest BCUT2D eigenvalue weighted by atomic mass is 10.1. The summed E-state index contributed by atoms with van der Waals surface area (Å²) >= 11 is 7.07. The first-order valence-electron chi connectivity index (χ1n) is 6.28. The monoisotopic (exact) mass is 390 g/mol. The Balaban J connectivity index is 1.95. The topological polar surface area (TPSA) is 9.23 Å². The van der Waals surface area contributed by atoms with Gasteiger partial charge in [-0.15, -0.1) is 0 Å². The molecule has 0 atom stereocenters. The van der Waals surface area contributed by atoms with Gasteiger partial charge in [-0.05, 0) is 50.5 Å². The third-order valence-electron chi connectivity index (χ3n) is 3.13. The molecule has 0 aliphatic rings. The van der Waals surface area contributed by atoms with Crippen molar-refractivity contribution in [3.05, 3.63) is 70.7 Å². The summed E-state index contributed by atoms with van der Waals surface area (Å²) in [4.78, 5) is 0. The van der Waals surface area contributed by atoms with Gasteiger partial charge in [-0.2, -0.15) is 0 Å². The lowest BCUT2D eigenvalue weighted by Crippen LogP contribution is -1.87. The Hall–Kier alpha value is -1.32. The molecule has 0 spiro atoms. The van der Waals surface area contributed by atoms with E-state index in [1.165, 1.54) is 10.9 Å². The van der Waals surface area contributed by atoms with E-state index in [1.54, 1.807) is 0 Å². The van der Waals surface area contributed by atoms with E-state index < -0.39 is 0 Å². The highest BCUT2D eigenvalue weighted by atomic mass is 79.9. The van der Waals surface area contributed by atoms with E-state index in [2.05, 4.69) is 62.2 Å². The van der Waals surface area contributed by atoms with Crippen molar-refractivity contribution < 1.29 is 4.74 Å². The molecule has 20 heavy (non-hydrogen) atoms. The number of alkyl halides is 1. The summed E-state index contributed by atoms with van der Waals surface area (Å²) in [5.41, 5.74) is 1.23. The zero-order chi connectivity index (χ0) is 13.9. The van der Waals surface area contributed by atoms with Gasteiger partial charge in [0.2, 0.25) is 0 Å². The minimum Gasteiger partial charge on any atom is -0.456 e. The molecular formula is C17H12Br2O. The van der Waals surface area contributed by atoms with Crippen molar-refractivity contribution in [1.82, 2.24) is 0 Å². The van der Waals surface area contributed by atoms with Crippen molar-refractivity contribution in [2.75, 3.05) is 0 Å². The highest BCUT2D eigenvalue weighted by molar-refractivity contribution is 9.10. The molecule has 0 aliphatic heterocycles. The van der Waals surface area contributed by atoms with Crippen molar-refractivity contribution in [3.63, 3.8) is 0 Å².